The van der Waals surface area contributed by atoms with Crippen molar-refractivity contribution < 1.29 is 33.0 Å². The van der Waals surface area contributed by atoms with Crippen molar-refractivity contribution in [2.75, 3.05) is 5.75 Å². The third-order valence-electron chi connectivity index (χ3n) is 5.13. The third kappa shape index (κ3) is 8.39. The number of carbonyl (C=O) groups is 2. The molecule has 1 heterocycles. The molecule has 0 saturated heterocycles. The molecule has 1 aliphatic rings. The molecule has 2 unspecified atom stereocenters. The molecular weight excluding hydrogens is 439 g/mol. The fraction of sp³-hybridized carbons (Fsp3) is 0.650. The summed E-state index contributed by atoms with van der Waals surface area (Å²) in [5.74, 6) is -0.323. The second-order valence-electron chi connectivity index (χ2n) is 7.81. The third-order valence-corrected chi connectivity index (χ3v) is 7.18. The van der Waals surface area contributed by atoms with Gasteiger partial charge in [-0.3, -0.25) is 4.79 Å². The number of nitrogens with zero attached hydrogens (tertiary/aromatic N) is 1. The number of aromatic carboxylic acids is 1. The standard InChI is InChI=1S/C20H26F3NO4S2/c1-19(28,9-3-10-20(21,22)23)8-2-4-13-5-6-16(25)14(13)7-11-29-18-24-15(12-30-18)17(26)27/h2,4,12-14,28H,3,5-11H2,1H3,(H,26,27)/t13?,14-,19?/m1/s1. The molecule has 168 valence electrons. The molecule has 5 nitrogen and oxygen atoms in total. The van der Waals surface area contributed by atoms with Crippen LogP contribution in [-0.4, -0.2) is 44.5 Å². The number of carboxylic acid groups (broad SMARTS) is 1. The lowest BCUT2D eigenvalue weighted by atomic mass is 9.90. The SMILES string of the molecule is CC(O)(CC=CC1CCC(=O)[C@@H]1CCSc1nc(C(=O)O)cs1)CCCC(F)(F)F. The Bertz CT molecular complexity index is 761. The van der Waals surface area contributed by atoms with Crippen LogP contribution in [0, 0.1) is 11.8 Å². The van der Waals surface area contributed by atoms with Crippen molar-refractivity contribution in [1.82, 2.24) is 4.98 Å². The quantitative estimate of drug-likeness (QED) is 0.338. The summed E-state index contributed by atoms with van der Waals surface area (Å²) in [7, 11) is 0. The van der Waals surface area contributed by atoms with Gasteiger partial charge >= 0.3 is 12.1 Å². The highest BCUT2D eigenvalue weighted by Crippen LogP contribution is 2.35. The molecule has 0 aliphatic heterocycles. The summed E-state index contributed by atoms with van der Waals surface area (Å²) in [6.45, 7) is 1.53. The Hall–Kier alpha value is -1.39. The first-order valence-electron chi connectivity index (χ1n) is 9.77. The molecule has 2 rings (SSSR count). The molecule has 30 heavy (non-hydrogen) atoms. The number of hydrogen-bond donors (Lipinski definition) is 2. The zero-order chi connectivity index (χ0) is 22.4. The monoisotopic (exact) mass is 465 g/mol. The zero-order valence-electron chi connectivity index (χ0n) is 16.7. The van der Waals surface area contributed by atoms with Crippen molar-refractivity contribution in [3.8, 4) is 0 Å². The molecule has 0 bridgehead atoms. The maximum Gasteiger partial charge on any atom is 0.389 e. The van der Waals surface area contributed by atoms with Crippen molar-refractivity contribution in [3.63, 3.8) is 0 Å². The smallest absolute Gasteiger partial charge is 0.389 e. The van der Waals surface area contributed by atoms with Crippen LogP contribution in [0.15, 0.2) is 21.9 Å². The summed E-state index contributed by atoms with van der Waals surface area (Å²) in [5.41, 5.74) is -1.19. The molecule has 1 aromatic heterocycles. The minimum atomic E-state index is -4.21. The van der Waals surface area contributed by atoms with E-state index in [-0.39, 0.29) is 42.6 Å². The molecule has 0 aromatic carbocycles. The van der Waals surface area contributed by atoms with Gasteiger partial charge in [-0.15, -0.1) is 11.3 Å². The van der Waals surface area contributed by atoms with Crippen LogP contribution in [0.3, 0.4) is 0 Å². The molecular formula is C20H26F3NO4S2. The summed E-state index contributed by atoms with van der Waals surface area (Å²) in [4.78, 5) is 27.1. The van der Waals surface area contributed by atoms with Gasteiger partial charge in [-0.2, -0.15) is 13.2 Å². The molecule has 3 atom stereocenters. The maximum atomic E-state index is 12.3. The first kappa shape index (κ1) is 24.9. The summed E-state index contributed by atoms with van der Waals surface area (Å²) in [5, 5.41) is 20.7. The molecule has 10 heteroatoms. The predicted octanol–water partition coefficient (Wildman–Crippen LogP) is 5.35. The van der Waals surface area contributed by atoms with Crippen molar-refractivity contribution >= 4 is 34.9 Å². The van der Waals surface area contributed by atoms with Crippen molar-refractivity contribution in [1.29, 1.82) is 0 Å². The lowest BCUT2D eigenvalue weighted by Crippen LogP contribution is -2.24. The Morgan fingerprint density at radius 1 is 1.40 bits per heavy atom. The van der Waals surface area contributed by atoms with E-state index >= 15 is 0 Å². The van der Waals surface area contributed by atoms with Gasteiger partial charge in [0.2, 0.25) is 0 Å². The Kier molecular flexibility index (Phi) is 8.93. The van der Waals surface area contributed by atoms with Crippen LogP contribution in [0.4, 0.5) is 13.2 Å². The van der Waals surface area contributed by atoms with E-state index in [0.29, 0.717) is 22.9 Å². The molecule has 0 spiro atoms. The summed E-state index contributed by atoms with van der Waals surface area (Å²) < 4.78 is 37.4. The summed E-state index contributed by atoms with van der Waals surface area (Å²) in [6.07, 6.45) is 0.608. The number of carboxylic acids is 1. The van der Waals surface area contributed by atoms with Gasteiger partial charge in [0.05, 0.1) is 5.60 Å². The fourth-order valence-corrected chi connectivity index (χ4v) is 5.40. The van der Waals surface area contributed by atoms with Crippen LogP contribution in [-0.2, 0) is 4.79 Å². The number of halogens is 3. The lowest BCUT2D eigenvalue weighted by Gasteiger charge is -2.22. The number of aliphatic hydroxyl groups is 1. The number of thiazole rings is 1. The Balaban J connectivity index is 1.79. The molecule has 1 saturated carbocycles. The zero-order valence-corrected chi connectivity index (χ0v) is 18.3. The molecule has 0 amide bonds. The number of Topliss-reactive ketones (excluding diaryl/α,β-unsaturated/α-hetero) is 1. The number of thioether (sulfide) groups is 1. The number of carbonyl (C=O) groups excluding carboxylic acids is 1. The largest absolute Gasteiger partial charge is 0.476 e. The van der Waals surface area contributed by atoms with Gasteiger partial charge in [-0.25, -0.2) is 9.78 Å². The van der Waals surface area contributed by atoms with Crippen LogP contribution in [0.2, 0.25) is 0 Å². The lowest BCUT2D eigenvalue weighted by molar-refractivity contribution is -0.137. The van der Waals surface area contributed by atoms with E-state index in [1.165, 1.54) is 35.4 Å². The van der Waals surface area contributed by atoms with Crippen molar-refractivity contribution in [2.45, 2.75) is 68.0 Å². The summed E-state index contributed by atoms with van der Waals surface area (Å²) in [6, 6.07) is 0. The number of allylic oxidation sites excluding steroid dienone is 1. The molecule has 0 radical (unpaired) electrons. The van der Waals surface area contributed by atoms with Gasteiger partial charge in [-0.1, -0.05) is 23.9 Å². The van der Waals surface area contributed by atoms with Crippen LogP contribution in [0.5, 0.6) is 0 Å². The van der Waals surface area contributed by atoms with Crippen molar-refractivity contribution in [3.05, 3.63) is 23.2 Å². The minimum Gasteiger partial charge on any atom is -0.476 e. The highest BCUT2D eigenvalue weighted by atomic mass is 32.2. The Morgan fingerprint density at radius 3 is 2.77 bits per heavy atom. The second kappa shape index (κ2) is 10.8. The van der Waals surface area contributed by atoms with Crippen molar-refractivity contribution in [2.24, 2.45) is 11.8 Å². The van der Waals surface area contributed by atoms with Gasteiger partial charge in [-0.05, 0) is 44.9 Å². The van der Waals surface area contributed by atoms with Crippen LogP contribution in [0.1, 0.15) is 62.4 Å². The first-order valence-corrected chi connectivity index (χ1v) is 11.6. The minimum absolute atomic E-state index is 0.0162. The highest BCUT2D eigenvalue weighted by molar-refractivity contribution is 8.01. The normalized spacial score (nSPS) is 22.0. The number of alkyl halides is 3. The van der Waals surface area contributed by atoms with E-state index in [2.05, 4.69) is 4.98 Å². The second-order valence-corrected chi connectivity index (χ2v) is 10.0. The fourth-order valence-electron chi connectivity index (χ4n) is 3.50. The van der Waals surface area contributed by atoms with E-state index in [0.717, 1.165) is 6.42 Å². The van der Waals surface area contributed by atoms with Gasteiger partial charge in [0.1, 0.15) is 5.78 Å². The molecule has 1 aliphatic carbocycles. The van der Waals surface area contributed by atoms with Gasteiger partial charge in [0.25, 0.3) is 0 Å². The van der Waals surface area contributed by atoms with E-state index in [1.807, 2.05) is 6.08 Å². The maximum absolute atomic E-state index is 12.3. The molecule has 1 aromatic rings. The topological polar surface area (TPSA) is 87.5 Å². The van der Waals surface area contributed by atoms with E-state index in [9.17, 15) is 27.9 Å². The Morgan fingerprint density at radius 2 is 2.13 bits per heavy atom. The van der Waals surface area contributed by atoms with Crippen LogP contribution in [0.25, 0.3) is 0 Å². The van der Waals surface area contributed by atoms with Gasteiger partial charge in [0, 0.05) is 29.9 Å². The predicted molar refractivity (Wildman–Crippen MR) is 110 cm³/mol. The van der Waals surface area contributed by atoms with Crippen LogP contribution >= 0.6 is 23.1 Å². The Labute approximate surface area is 181 Å². The average Bonchev–Trinajstić information content (AvgIpc) is 3.22. The van der Waals surface area contributed by atoms with E-state index in [1.54, 1.807) is 6.08 Å². The first-order chi connectivity index (χ1) is 14.0. The van der Waals surface area contributed by atoms with E-state index in [4.69, 9.17) is 5.11 Å². The van der Waals surface area contributed by atoms with E-state index < -0.39 is 24.2 Å². The number of aromatic nitrogens is 1. The van der Waals surface area contributed by atoms with Crippen LogP contribution < -0.4 is 0 Å². The molecule has 1 fully saturated rings. The van der Waals surface area contributed by atoms with Gasteiger partial charge < -0.3 is 10.2 Å². The summed E-state index contributed by atoms with van der Waals surface area (Å²) >= 11 is 2.68. The van der Waals surface area contributed by atoms with Gasteiger partial charge in [0.15, 0.2) is 10.0 Å². The highest BCUT2D eigenvalue weighted by Gasteiger charge is 2.33. The average molecular weight is 466 g/mol. The number of rotatable bonds is 11. The number of hydrogen-bond acceptors (Lipinski definition) is 6. The number of ketones is 1. The molecule has 2 N–H and O–H groups in total.